The van der Waals surface area contributed by atoms with Crippen LogP contribution in [0.4, 0.5) is 0 Å². The number of nitrogens with zero attached hydrogens (tertiary/aromatic N) is 1. The van der Waals surface area contributed by atoms with E-state index in [-0.39, 0.29) is 11.7 Å². The van der Waals surface area contributed by atoms with Crippen LogP contribution in [-0.2, 0) is 10.5 Å². The topological polar surface area (TPSA) is 84.6 Å². The van der Waals surface area contributed by atoms with Crippen molar-refractivity contribution in [1.29, 1.82) is 0 Å². The third kappa shape index (κ3) is 2.97. The van der Waals surface area contributed by atoms with Crippen LogP contribution >= 0.6 is 0 Å². The summed E-state index contributed by atoms with van der Waals surface area (Å²) in [5.41, 5.74) is -0.212. The molecule has 1 unspecified atom stereocenters. The first kappa shape index (κ1) is 14.1. The number of amides is 1. The largest absolute Gasteiger partial charge is 0.497 e. The van der Waals surface area contributed by atoms with Crippen molar-refractivity contribution >= 4 is 5.91 Å². The molecule has 2 aromatic rings. The molecule has 0 saturated carbocycles. The van der Waals surface area contributed by atoms with Crippen molar-refractivity contribution in [2.75, 3.05) is 7.11 Å². The van der Waals surface area contributed by atoms with E-state index in [4.69, 9.17) is 9.26 Å². The molecule has 0 aliphatic carbocycles. The number of carbonyl (C=O) groups is 1. The number of ether oxygens (including phenoxy) is 1. The standard InChI is InChI=1S/C14H16N2O4/c1-9(17)15-14(2,18)13-8-12(16-20-13)10-4-6-11(19-3)7-5-10/h4-8,18H,1-3H3,(H,15,17). The van der Waals surface area contributed by atoms with E-state index in [1.165, 1.54) is 13.8 Å². The second-order valence-electron chi connectivity index (χ2n) is 4.56. The molecule has 1 atom stereocenters. The van der Waals surface area contributed by atoms with Gasteiger partial charge < -0.3 is 19.7 Å². The highest BCUT2D eigenvalue weighted by Gasteiger charge is 2.29. The van der Waals surface area contributed by atoms with Crippen LogP contribution in [0.5, 0.6) is 5.75 Å². The van der Waals surface area contributed by atoms with Gasteiger partial charge in [-0.1, -0.05) is 5.16 Å². The van der Waals surface area contributed by atoms with Crippen molar-refractivity contribution in [2.24, 2.45) is 0 Å². The van der Waals surface area contributed by atoms with Gasteiger partial charge in [0, 0.05) is 18.6 Å². The number of rotatable bonds is 4. The second kappa shape index (κ2) is 5.34. The lowest BCUT2D eigenvalue weighted by molar-refractivity contribution is -0.127. The fraction of sp³-hybridized carbons (Fsp3) is 0.286. The van der Waals surface area contributed by atoms with E-state index in [0.717, 1.165) is 11.3 Å². The van der Waals surface area contributed by atoms with Crippen LogP contribution < -0.4 is 10.1 Å². The van der Waals surface area contributed by atoms with Crippen LogP contribution in [0.25, 0.3) is 11.3 Å². The first-order chi connectivity index (χ1) is 9.42. The zero-order chi connectivity index (χ0) is 14.8. The molecule has 1 aromatic heterocycles. The van der Waals surface area contributed by atoms with Gasteiger partial charge in [0.2, 0.25) is 5.91 Å². The minimum absolute atomic E-state index is 0.165. The Labute approximate surface area is 116 Å². The molecular formula is C14H16N2O4. The third-order valence-corrected chi connectivity index (χ3v) is 2.80. The fourth-order valence-corrected chi connectivity index (χ4v) is 1.81. The molecule has 6 nitrogen and oxygen atoms in total. The zero-order valence-corrected chi connectivity index (χ0v) is 11.5. The Morgan fingerprint density at radius 3 is 2.60 bits per heavy atom. The first-order valence-corrected chi connectivity index (χ1v) is 6.05. The molecule has 0 saturated heterocycles. The van der Waals surface area contributed by atoms with Crippen molar-refractivity contribution in [3.8, 4) is 17.0 Å². The van der Waals surface area contributed by atoms with Gasteiger partial charge in [-0.15, -0.1) is 0 Å². The van der Waals surface area contributed by atoms with E-state index in [1.807, 2.05) is 12.1 Å². The SMILES string of the molecule is COc1ccc(-c2cc(C(C)(O)NC(C)=O)on2)cc1. The van der Waals surface area contributed by atoms with Crippen molar-refractivity contribution in [2.45, 2.75) is 19.6 Å². The van der Waals surface area contributed by atoms with Gasteiger partial charge in [0.15, 0.2) is 11.5 Å². The summed E-state index contributed by atoms with van der Waals surface area (Å²) >= 11 is 0. The van der Waals surface area contributed by atoms with Crippen molar-refractivity contribution in [3.63, 3.8) is 0 Å². The molecule has 2 rings (SSSR count). The molecule has 0 spiro atoms. The van der Waals surface area contributed by atoms with Crippen LogP contribution in [0.2, 0.25) is 0 Å². The Hall–Kier alpha value is -2.34. The van der Waals surface area contributed by atoms with Gasteiger partial charge in [-0.25, -0.2) is 0 Å². The van der Waals surface area contributed by atoms with Gasteiger partial charge >= 0.3 is 0 Å². The highest BCUT2D eigenvalue weighted by molar-refractivity contribution is 5.73. The number of carbonyl (C=O) groups excluding carboxylic acids is 1. The Balaban J connectivity index is 2.25. The molecule has 106 valence electrons. The molecule has 1 amide bonds. The van der Waals surface area contributed by atoms with E-state index in [9.17, 15) is 9.90 Å². The maximum Gasteiger partial charge on any atom is 0.219 e. The van der Waals surface area contributed by atoms with Crippen LogP contribution in [0.1, 0.15) is 19.6 Å². The number of aromatic nitrogens is 1. The lowest BCUT2D eigenvalue weighted by Gasteiger charge is -2.20. The number of nitrogens with one attached hydrogen (secondary N) is 1. The highest BCUT2D eigenvalue weighted by Crippen LogP contribution is 2.26. The highest BCUT2D eigenvalue weighted by atomic mass is 16.5. The normalized spacial score (nSPS) is 13.6. The minimum atomic E-state index is -1.59. The Morgan fingerprint density at radius 2 is 2.05 bits per heavy atom. The number of benzene rings is 1. The van der Waals surface area contributed by atoms with Crippen molar-refractivity contribution in [1.82, 2.24) is 10.5 Å². The van der Waals surface area contributed by atoms with E-state index in [1.54, 1.807) is 25.3 Å². The van der Waals surface area contributed by atoms with Gasteiger partial charge in [-0.05, 0) is 31.2 Å². The summed E-state index contributed by atoms with van der Waals surface area (Å²) in [6, 6.07) is 8.84. The predicted molar refractivity (Wildman–Crippen MR) is 71.9 cm³/mol. The van der Waals surface area contributed by atoms with Crippen LogP contribution in [0.3, 0.4) is 0 Å². The maximum absolute atomic E-state index is 11.0. The summed E-state index contributed by atoms with van der Waals surface area (Å²) in [5, 5.41) is 16.4. The fourth-order valence-electron chi connectivity index (χ4n) is 1.81. The molecule has 20 heavy (non-hydrogen) atoms. The molecule has 0 bridgehead atoms. The summed E-state index contributed by atoms with van der Waals surface area (Å²) in [4.78, 5) is 11.0. The summed E-state index contributed by atoms with van der Waals surface area (Å²) in [6.07, 6.45) is 0. The number of hydrogen-bond acceptors (Lipinski definition) is 5. The molecular weight excluding hydrogens is 260 g/mol. The quantitative estimate of drug-likeness (QED) is 0.829. The van der Waals surface area contributed by atoms with Crippen molar-refractivity contribution < 1.29 is 19.2 Å². The molecule has 0 fully saturated rings. The van der Waals surface area contributed by atoms with Gasteiger partial charge in [0.1, 0.15) is 11.4 Å². The first-order valence-electron chi connectivity index (χ1n) is 6.05. The van der Waals surface area contributed by atoms with Gasteiger partial charge in [-0.2, -0.15) is 0 Å². The van der Waals surface area contributed by atoms with Crippen LogP contribution in [0.15, 0.2) is 34.9 Å². The second-order valence-corrected chi connectivity index (χ2v) is 4.56. The van der Waals surface area contributed by atoms with Crippen LogP contribution in [-0.4, -0.2) is 23.3 Å². The molecule has 6 heteroatoms. The van der Waals surface area contributed by atoms with Gasteiger partial charge in [-0.3, -0.25) is 4.79 Å². The number of methoxy groups -OCH3 is 1. The molecule has 0 aliphatic rings. The van der Waals surface area contributed by atoms with Gasteiger partial charge in [0.05, 0.1) is 7.11 Å². The minimum Gasteiger partial charge on any atom is -0.497 e. The summed E-state index contributed by atoms with van der Waals surface area (Å²) < 4.78 is 10.2. The average molecular weight is 276 g/mol. The van der Waals surface area contributed by atoms with Gasteiger partial charge in [0.25, 0.3) is 0 Å². The number of aliphatic hydroxyl groups is 1. The lowest BCUT2D eigenvalue weighted by Crippen LogP contribution is -2.41. The number of hydrogen-bond donors (Lipinski definition) is 2. The third-order valence-electron chi connectivity index (χ3n) is 2.80. The summed E-state index contributed by atoms with van der Waals surface area (Å²) in [5.74, 6) is 0.540. The Morgan fingerprint density at radius 1 is 1.40 bits per heavy atom. The smallest absolute Gasteiger partial charge is 0.219 e. The summed E-state index contributed by atoms with van der Waals surface area (Å²) in [6.45, 7) is 2.74. The van der Waals surface area contributed by atoms with Crippen molar-refractivity contribution in [3.05, 3.63) is 36.1 Å². The molecule has 1 heterocycles. The monoisotopic (exact) mass is 276 g/mol. The molecule has 0 radical (unpaired) electrons. The zero-order valence-electron chi connectivity index (χ0n) is 11.5. The Bertz CT molecular complexity index is 602. The Kier molecular flexibility index (Phi) is 3.76. The lowest BCUT2D eigenvalue weighted by atomic mass is 10.1. The van der Waals surface area contributed by atoms with E-state index < -0.39 is 5.72 Å². The molecule has 1 aromatic carbocycles. The maximum atomic E-state index is 11.0. The van der Waals surface area contributed by atoms with E-state index >= 15 is 0 Å². The van der Waals surface area contributed by atoms with Crippen LogP contribution in [0, 0.1) is 0 Å². The molecule has 2 N–H and O–H groups in total. The molecule has 0 aliphatic heterocycles. The average Bonchev–Trinajstić information content (AvgIpc) is 2.88. The van der Waals surface area contributed by atoms with E-state index in [0.29, 0.717) is 5.69 Å². The summed E-state index contributed by atoms with van der Waals surface area (Å²) in [7, 11) is 1.59. The predicted octanol–water partition coefficient (Wildman–Crippen LogP) is 1.65. The van der Waals surface area contributed by atoms with E-state index in [2.05, 4.69) is 10.5 Å².